The van der Waals surface area contributed by atoms with Crippen LogP contribution in [0.4, 0.5) is 11.5 Å². The molecule has 2 aromatic carbocycles. The van der Waals surface area contributed by atoms with E-state index >= 15 is 0 Å². The molecular weight excluding hydrogens is 468 g/mol. The Hall–Kier alpha value is -4.48. The number of anilines is 2. The summed E-state index contributed by atoms with van der Waals surface area (Å²) in [6.45, 7) is 3.06. The van der Waals surface area contributed by atoms with E-state index < -0.39 is 0 Å². The van der Waals surface area contributed by atoms with Gasteiger partial charge in [0.25, 0.3) is 5.56 Å². The fourth-order valence-electron chi connectivity index (χ4n) is 4.55. The van der Waals surface area contributed by atoms with E-state index in [1.54, 1.807) is 18.3 Å². The van der Waals surface area contributed by atoms with E-state index in [4.69, 9.17) is 4.98 Å². The second-order valence-electron chi connectivity index (χ2n) is 8.55. The number of aromatic nitrogens is 3. The number of hydrogen-bond donors (Lipinski definition) is 0. The monoisotopic (exact) mass is 490 g/mol. The van der Waals surface area contributed by atoms with E-state index in [1.807, 2.05) is 54.6 Å². The normalized spacial score (nSPS) is 14.4. The van der Waals surface area contributed by atoms with E-state index in [-0.39, 0.29) is 5.56 Å². The van der Waals surface area contributed by atoms with Gasteiger partial charge in [0, 0.05) is 38.1 Å². The number of hydrogen-bond acceptors (Lipinski definition) is 7. The number of para-hydroxylation sites is 2. The first-order valence-corrected chi connectivity index (χ1v) is 12.6. The molecule has 0 unspecified atom stereocenters. The summed E-state index contributed by atoms with van der Waals surface area (Å²) in [4.78, 5) is 27.6. The maximum Gasteiger partial charge on any atom is 0.267 e. The number of nitriles is 1. The van der Waals surface area contributed by atoms with E-state index in [2.05, 4.69) is 33.0 Å². The number of pyridine rings is 1. The fraction of sp³-hybridized carbons (Fsp3) is 0.143. The van der Waals surface area contributed by atoms with Crippen molar-refractivity contribution in [2.75, 3.05) is 36.0 Å². The molecule has 176 valence electrons. The van der Waals surface area contributed by atoms with Gasteiger partial charge in [-0.1, -0.05) is 36.4 Å². The highest BCUT2D eigenvalue weighted by Crippen LogP contribution is 2.29. The van der Waals surface area contributed by atoms with E-state index in [0.29, 0.717) is 40.7 Å². The van der Waals surface area contributed by atoms with E-state index in [9.17, 15) is 10.1 Å². The lowest BCUT2D eigenvalue weighted by atomic mass is 10.1. The zero-order valence-electron chi connectivity index (χ0n) is 19.4. The Kier molecular flexibility index (Phi) is 5.68. The highest BCUT2D eigenvalue weighted by molar-refractivity contribution is 7.19. The Morgan fingerprint density at radius 2 is 1.61 bits per heavy atom. The molecule has 0 amide bonds. The predicted octanol–water partition coefficient (Wildman–Crippen LogP) is 4.69. The van der Waals surface area contributed by atoms with Crippen LogP contribution in [-0.4, -0.2) is 40.5 Å². The predicted molar refractivity (Wildman–Crippen MR) is 145 cm³/mol. The molecule has 1 saturated heterocycles. The van der Waals surface area contributed by atoms with Crippen molar-refractivity contribution in [2.24, 2.45) is 0 Å². The number of thiazole rings is 1. The molecule has 0 saturated carbocycles. The standard InChI is InChI=1S/C28H22N6OS/c29-19-20(27-30-23-10-4-5-11-24(23)36-27)18-22-26(31-25-12-6-7-13-34(25)28(22)35)33-16-14-32(15-17-33)21-8-2-1-3-9-21/h1-13,18H,14-17H2. The second-order valence-corrected chi connectivity index (χ2v) is 9.58. The third kappa shape index (κ3) is 4.00. The Morgan fingerprint density at radius 1 is 0.889 bits per heavy atom. The van der Waals surface area contributed by atoms with Gasteiger partial charge in [0.05, 0.1) is 21.4 Å². The largest absolute Gasteiger partial charge is 0.368 e. The average molecular weight is 491 g/mol. The number of nitrogens with zero attached hydrogens (tertiary/aromatic N) is 6. The van der Waals surface area contributed by atoms with Crippen molar-refractivity contribution in [1.82, 2.24) is 14.4 Å². The van der Waals surface area contributed by atoms with Gasteiger partial charge in [-0.3, -0.25) is 9.20 Å². The van der Waals surface area contributed by atoms with Crippen LogP contribution in [0.1, 0.15) is 10.6 Å². The summed E-state index contributed by atoms with van der Waals surface area (Å²) in [5.41, 5.74) is 3.17. The van der Waals surface area contributed by atoms with Crippen LogP contribution < -0.4 is 15.4 Å². The van der Waals surface area contributed by atoms with E-state index in [1.165, 1.54) is 21.4 Å². The van der Waals surface area contributed by atoms with Crippen LogP contribution in [0.15, 0.2) is 83.8 Å². The number of allylic oxidation sites excluding steroid dienone is 1. The van der Waals surface area contributed by atoms with Crippen molar-refractivity contribution in [1.29, 1.82) is 5.26 Å². The Labute approximate surface area is 211 Å². The molecule has 7 nitrogen and oxygen atoms in total. The molecule has 0 N–H and O–H groups in total. The van der Waals surface area contributed by atoms with Crippen molar-refractivity contribution in [3.05, 3.63) is 99.9 Å². The van der Waals surface area contributed by atoms with Crippen molar-refractivity contribution in [3.8, 4) is 6.07 Å². The third-order valence-electron chi connectivity index (χ3n) is 6.38. The number of benzene rings is 2. The molecule has 8 heteroatoms. The molecule has 0 atom stereocenters. The minimum absolute atomic E-state index is 0.199. The van der Waals surface area contributed by atoms with Crippen LogP contribution in [0.2, 0.25) is 0 Å². The fourth-order valence-corrected chi connectivity index (χ4v) is 5.48. The molecule has 4 heterocycles. The molecule has 0 bridgehead atoms. The Morgan fingerprint density at radius 3 is 2.39 bits per heavy atom. The Balaban J connectivity index is 1.43. The summed E-state index contributed by atoms with van der Waals surface area (Å²) < 4.78 is 2.53. The number of rotatable bonds is 4. The van der Waals surface area contributed by atoms with Gasteiger partial charge >= 0.3 is 0 Å². The molecule has 36 heavy (non-hydrogen) atoms. The van der Waals surface area contributed by atoms with Gasteiger partial charge in [-0.2, -0.15) is 5.26 Å². The topological polar surface area (TPSA) is 77.5 Å². The van der Waals surface area contributed by atoms with Gasteiger partial charge in [0.1, 0.15) is 22.5 Å². The highest BCUT2D eigenvalue weighted by atomic mass is 32.1. The molecule has 6 rings (SSSR count). The van der Waals surface area contributed by atoms with Gasteiger partial charge in [0.2, 0.25) is 0 Å². The minimum Gasteiger partial charge on any atom is -0.368 e. The quantitative estimate of drug-likeness (QED) is 0.340. The van der Waals surface area contributed by atoms with Gasteiger partial charge in [-0.25, -0.2) is 9.97 Å². The highest BCUT2D eigenvalue weighted by Gasteiger charge is 2.23. The van der Waals surface area contributed by atoms with Gasteiger partial charge in [-0.05, 0) is 42.5 Å². The van der Waals surface area contributed by atoms with Crippen LogP contribution >= 0.6 is 11.3 Å². The maximum atomic E-state index is 13.6. The lowest BCUT2D eigenvalue weighted by Gasteiger charge is -2.37. The minimum atomic E-state index is -0.199. The first kappa shape index (κ1) is 22.0. The lowest BCUT2D eigenvalue weighted by molar-refractivity contribution is 0.646. The first-order chi connectivity index (χ1) is 17.7. The molecule has 1 fully saturated rings. The molecular formula is C28H22N6OS. The summed E-state index contributed by atoms with van der Waals surface area (Å²) in [5, 5.41) is 10.6. The molecule has 0 radical (unpaired) electrons. The molecule has 1 aliphatic rings. The number of fused-ring (bicyclic) bond motifs is 2. The van der Waals surface area contributed by atoms with Crippen LogP contribution in [-0.2, 0) is 0 Å². The lowest BCUT2D eigenvalue weighted by Crippen LogP contribution is -2.47. The first-order valence-electron chi connectivity index (χ1n) is 11.8. The average Bonchev–Trinajstić information content (AvgIpc) is 3.37. The molecule has 3 aromatic heterocycles. The zero-order valence-corrected chi connectivity index (χ0v) is 20.2. The van der Waals surface area contributed by atoms with Crippen molar-refractivity contribution < 1.29 is 0 Å². The molecule has 0 spiro atoms. The van der Waals surface area contributed by atoms with Crippen LogP contribution in [0.3, 0.4) is 0 Å². The van der Waals surface area contributed by atoms with Crippen LogP contribution in [0.5, 0.6) is 0 Å². The van der Waals surface area contributed by atoms with Crippen LogP contribution in [0.25, 0.3) is 27.5 Å². The number of piperazine rings is 1. The summed E-state index contributed by atoms with van der Waals surface area (Å²) in [5.74, 6) is 0.604. The van der Waals surface area contributed by atoms with E-state index in [0.717, 1.165) is 23.3 Å². The van der Waals surface area contributed by atoms with Crippen LogP contribution in [0, 0.1) is 11.3 Å². The molecule has 1 aliphatic heterocycles. The molecule has 5 aromatic rings. The van der Waals surface area contributed by atoms with Crippen molar-refractivity contribution in [3.63, 3.8) is 0 Å². The molecule has 0 aliphatic carbocycles. The SMILES string of the molecule is N#CC(=Cc1c(N2CCN(c3ccccc3)CC2)nc2ccccn2c1=O)c1nc2ccccc2s1. The summed E-state index contributed by atoms with van der Waals surface area (Å²) in [7, 11) is 0. The maximum absolute atomic E-state index is 13.6. The smallest absolute Gasteiger partial charge is 0.267 e. The van der Waals surface area contributed by atoms with Crippen molar-refractivity contribution >= 4 is 50.4 Å². The Bertz CT molecular complexity index is 1660. The van der Waals surface area contributed by atoms with Crippen molar-refractivity contribution in [2.45, 2.75) is 0 Å². The second kappa shape index (κ2) is 9.29. The summed E-state index contributed by atoms with van der Waals surface area (Å²) in [6, 6.07) is 25.9. The summed E-state index contributed by atoms with van der Waals surface area (Å²) >= 11 is 1.45. The zero-order chi connectivity index (χ0) is 24.5. The van der Waals surface area contributed by atoms with Gasteiger partial charge < -0.3 is 9.80 Å². The summed E-state index contributed by atoms with van der Waals surface area (Å²) in [6.07, 6.45) is 3.37. The third-order valence-corrected chi connectivity index (χ3v) is 7.45. The van der Waals surface area contributed by atoms with Gasteiger partial charge in [-0.15, -0.1) is 11.3 Å². The van der Waals surface area contributed by atoms with Gasteiger partial charge in [0.15, 0.2) is 0 Å².